The van der Waals surface area contributed by atoms with E-state index in [1.165, 1.54) is 53.7 Å². The molecular formula is C16H20N4O2S3. The van der Waals surface area contributed by atoms with Gasteiger partial charge in [-0.2, -0.15) is 0 Å². The molecule has 0 spiro atoms. The number of aromatic nitrogens is 2. The number of anilines is 1. The highest BCUT2D eigenvalue weighted by Gasteiger charge is 2.17. The van der Waals surface area contributed by atoms with E-state index in [1.807, 2.05) is 18.4 Å². The summed E-state index contributed by atoms with van der Waals surface area (Å²) in [5.74, 6) is 0.177. The van der Waals surface area contributed by atoms with Gasteiger partial charge in [0.15, 0.2) is 4.34 Å². The molecule has 0 saturated heterocycles. The van der Waals surface area contributed by atoms with Crippen molar-refractivity contribution in [2.45, 2.75) is 49.4 Å². The van der Waals surface area contributed by atoms with E-state index in [2.05, 4.69) is 20.8 Å². The standard InChI is InChI=1S/C16H20N4O2S3/c1-10-7-12(23-8-10)14(22)18-15-19-20-16(25-15)24-9-13(21)17-11-5-3-2-4-6-11/h7-8,11H,2-6,9H2,1H3,(H,17,21)(H,18,19,22). The first kappa shape index (κ1) is 18.3. The van der Waals surface area contributed by atoms with Gasteiger partial charge in [-0.15, -0.1) is 21.5 Å². The zero-order chi connectivity index (χ0) is 17.6. The van der Waals surface area contributed by atoms with Crippen molar-refractivity contribution in [3.63, 3.8) is 0 Å². The lowest BCUT2D eigenvalue weighted by Crippen LogP contribution is -2.37. The fourth-order valence-electron chi connectivity index (χ4n) is 2.67. The molecule has 6 nitrogen and oxygen atoms in total. The second-order valence-electron chi connectivity index (χ2n) is 6.01. The average molecular weight is 397 g/mol. The lowest BCUT2D eigenvalue weighted by atomic mass is 9.95. The summed E-state index contributed by atoms with van der Waals surface area (Å²) in [6.07, 6.45) is 5.81. The van der Waals surface area contributed by atoms with E-state index in [4.69, 9.17) is 0 Å². The van der Waals surface area contributed by atoms with Crippen molar-refractivity contribution in [3.05, 3.63) is 21.9 Å². The first-order valence-electron chi connectivity index (χ1n) is 8.22. The van der Waals surface area contributed by atoms with E-state index < -0.39 is 0 Å². The van der Waals surface area contributed by atoms with Crippen LogP contribution in [0.4, 0.5) is 5.13 Å². The van der Waals surface area contributed by atoms with Gasteiger partial charge in [0.05, 0.1) is 10.6 Å². The molecule has 2 heterocycles. The van der Waals surface area contributed by atoms with E-state index in [9.17, 15) is 9.59 Å². The van der Waals surface area contributed by atoms with Gasteiger partial charge in [-0.3, -0.25) is 14.9 Å². The monoisotopic (exact) mass is 396 g/mol. The summed E-state index contributed by atoms with van der Waals surface area (Å²) in [5.41, 5.74) is 1.06. The summed E-state index contributed by atoms with van der Waals surface area (Å²) in [4.78, 5) is 24.8. The van der Waals surface area contributed by atoms with Crippen LogP contribution in [0.25, 0.3) is 0 Å². The highest BCUT2D eigenvalue weighted by molar-refractivity contribution is 8.01. The Kier molecular flexibility index (Phi) is 6.44. The first-order valence-corrected chi connectivity index (χ1v) is 10.9. The van der Waals surface area contributed by atoms with Crippen molar-refractivity contribution in [1.29, 1.82) is 0 Å². The van der Waals surface area contributed by atoms with Crippen molar-refractivity contribution in [2.24, 2.45) is 0 Å². The van der Waals surface area contributed by atoms with Crippen molar-refractivity contribution < 1.29 is 9.59 Å². The first-order chi connectivity index (χ1) is 12.1. The molecule has 2 aromatic heterocycles. The number of nitrogens with one attached hydrogen (secondary N) is 2. The Morgan fingerprint density at radius 2 is 2.08 bits per heavy atom. The number of amides is 2. The van der Waals surface area contributed by atoms with E-state index in [0.717, 1.165) is 18.4 Å². The maximum Gasteiger partial charge on any atom is 0.267 e. The minimum atomic E-state index is -0.180. The largest absolute Gasteiger partial charge is 0.353 e. The van der Waals surface area contributed by atoms with Gasteiger partial charge in [0.1, 0.15) is 0 Å². The number of rotatable bonds is 6. The molecule has 3 rings (SSSR count). The second kappa shape index (κ2) is 8.77. The van der Waals surface area contributed by atoms with Crippen LogP contribution in [0.5, 0.6) is 0 Å². The van der Waals surface area contributed by atoms with Gasteiger partial charge >= 0.3 is 0 Å². The molecule has 0 atom stereocenters. The van der Waals surface area contributed by atoms with E-state index in [1.54, 1.807) is 0 Å². The predicted octanol–water partition coefficient (Wildman–Crippen LogP) is 3.70. The van der Waals surface area contributed by atoms with Crippen molar-refractivity contribution in [3.8, 4) is 0 Å². The van der Waals surface area contributed by atoms with E-state index in [0.29, 0.717) is 26.1 Å². The number of carbonyl (C=O) groups is 2. The van der Waals surface area contributed by atoms with Crippen LogP contribution in [0.1, 0.15) is 47.3 Å². The Balaban J connectivity index is 1.45. The van der Waals surface area contributed by atoms with Gasteiger partial charge in [-0.05, 0) is 36.8 Å². The molecule has 0 aliphatic heterocycles. The molecule has 0 aromatic carbocycles. The molecule has 1 aliphatic rings. The van der Waals surface area contributed by atoms with Crippen LogP contribution in [0.3, 0.4) is 0 Å². The summed E-state index contributed by atoms with van der Waals surface area (Å²) in [5, 5.41) is 16.2. The van der Waals surface area contributed by atoms with Gasteiger partial charge in [0.2, 0.25) is 11.0 Å². The maximum absolute atomic E-state index is 12.1. The van der Waals surface area contributed by atoms with Crippen LogP contribution in [-0.4, -0.2) is 33.8 Å². The minimum Gasteiger partial charge on any atom is -0.353 e. The van der Waals surface area contributed by atoms with Crippen LogP contribution in [0, 0.1) is 6.92 Å². The molecule has 1 fully saturated rings. The summed E-state index contributed by atoms with van der Waals surface area (Å²) in [6, 6.07) is 2.16. The molecule has 2 aromatic rings. The SMILES string of the molecule is Cc1csc(C(=O)Nc2nnc(SCC(=O)NC3CCCCC3)s2)c1. The third-order valence-electron chi connectivity index (χ3n) is 3.88. The molecule has 134 valence electrons. The second-order valence-corrected chi connectivity index (χ2v) is 9.12. The molecule has 0 unspecified atom stereocenters. The number of thioether (sulfide) groups is 1. The number of thiophene rings is 1. The Bertz CT molecular complexity index is 737. The van der Waals surface area contributed by atoms with Crippen LogP contribution in [0.15, 0.2) is 15.8 Å². The van der Waals surface area contributed by atoms with Crippen LogP contribution in [-0.2, 0) is 4.79 Å². The molecular weight excluding hydrogens is 376 g/mol. The van der Waals surface area contributed by atoms with E-state index >= 15 is 0 Å². The average Bonchev–Trinajstić information content (AvgIpc) is 3.23. The summed E-state index contributed by atoms with van der Waals surface area (Å²) < 4.78 is 0.677. The summed E-state index contributed by atoms with van der Waals surface area (Å²) in [6.45, 7) is 1.95. The molecule has 0 radical (unpaired) electrons. The number of nitrogens with zero attached hydrogens (tertiary/aromatic N) is 2. The zero-order valence-electron chi connectivity index (χ0n) is 13.9. The van der Waals surface area contributed by atoms with Crippen molar-refractivity contribution >= 4 is 51.4 Å². The Labute approximate surface area is 158 Å². The number of aryl methyl sites for hydroxylation is 1. The quantitative estimate of drug-likeness (QED) is 0.574. The fraction of sp³-hybridized carbons (Fsp3) is 0.500. The molecule has 2 N–H and O–H groups in total. The topological polar surface area (TPSA) is 84.0 Å². The van der Waals surface area contributed by atoms with E-state index in [-0.39, 0.29) is 11.8 Å². The third-order valence-corrected chi connectivity index (χ3v) is 6.90. The van der Waals surface area contributed by atoms with Gasteiger partial charge in [0, 0.05) is 6.04 Å². The van der Waals surface area contributed by atoms with Gasteiger partial charge in [-0.1, -0.05) is 42.4 Å². The molecule has 0 bridgehead atoms. The Morgan fingerprint density at radius 3 is 2.80 bits per heavy atom. The Morgan fingerprint density at radius 1 is 1.28 bits per heavy atom. The van der Waals surface area contributed by atoms with Crippen LogP contribution >= 0.6 is 34.4 Å². The highest BCUT2D eigenvalue weighted by atomic mass is 32.2. The lowest BCUT2D eigenvalue weighted by Gasteiger charge is -2.22. The van der Waals surface area contributed by atoms with Gasteiger partial charge in [-0.25, -0.2) is 0 Å². The molecule has 1 saturated carbocycles. The Hall–Kier alpha value is -1.45. The lowest BCUT2D eigenvalue weighted by molar-refractivity contribution is -0.119. The predicted molar refractivity (Wildman–Crippen MR) is 103 cm³/mol. The summed E-state index contributed by atoms with van der Waals surface area (Å²) >= 11 is 4.03. The zero-order valence-corrected chi connectivity index (χ0v) is 16.4. The number of hydrogen-bond acceptors (Lipinski definition) is 7. The normalized spacial score (nSPS) is 15.1. The summed E-state index contributed by atoms with van der Waals surface area (Å²) in [7, 11) is 0. The fourth-order valence-corrected chi connectivity index (χ4v) is 5.02. The smallest absolute Gasteiger partial charge is 0.267 e. The van der Waals surface area contributed by atoms with Gasteiger partial charge in [0.25, 0.3) is 5.91 Å². The molecule has 25 heavy (non-hydrogen) atoms. The number of carbonyl (C=O) groups excluding carboxylic acids is 2. The maximum atomic E-state index is 12.1. The molecule has 1 aliphatic carbocycles. The van der Waals surface area contributed by atoms with Crippen LogP contribution in [0.2, 0.25) is 0 Å². The highest BCUT2D eigenvalue weighted by Crippen LogP contribution is 2.26. The minimum absolute atomic E-state index is 0.0340. The van der Waals surface area contributed by atoms with Crippen molar-refractivity contribution in [1.82, 2.24) is 15.5 Å². The van der Waals surface area contributed by atoms with Crippen LogP contribution < -0.4 is 10.6 Å². The molecule has 2 amide bonds. The van der Waals surface area contributed by atoms with Crippen molar-refractivity contribution in [2.75, 3.05) is 11.1 Å². The van der Waals surface area contributed by atoms with Gasteiger partial charge < -0.3 is 5.32 Å². The number of hydrogen-bond donors (Lipinski definition) is 2. The third kappa shape index (κ3) is 5.52. The molecule has 9 heteroatoms.